The van der Waals surface area contributed by atoms with Crippen LogP contribution in [-0.2, 0) is 0 Å². The van der Waals surface area contributed by atoms with Gasteiger partial charge in [-0.15, -0.1) is 0 Å². The van der Waals surface area contributed by atoms with E-state index >= 15 is 0 Å². The minimum Gasteiger partial charge on any atom is -0.382 e. The van der Waals surface area contributed by atoms with Crippen molar-refractivity contribution in [3.63, 3.8) is 0 Å². The number of nitrogens with two attached hydrogens (primary N) is 2. The maximum Gasteiger partial charge on any atom is 0.222 e. The Kier molecular flexibility index (Phi) is 4.09. The number of rotatable bonds is 1. The van der Waals surface area contributed by atoms with E-state index in [1.165, 1.54) is 0 Å². The van der Waals surface area contributed by atoms with Gasteiger partial charge in [-0.3, -0.25) is 4.98 Å². The molecule has 0 amide bonds. The fourth-order valence-electron chi connectivity index (χ4n) is 2.01. The zero-order valence-electron chi connectivity index (χ0n) is 12.0. The molecule has 0 fully saturated rings. The van der Waals surface area contributed by atoms with Crippen LogP contribution in [-0.4, -0.2) is 15.0 Å². The highest BCUT2D eigenvalue weighted by Crippen LogP contribution is 2.26. The lowest BCUT2D eigenvalue weighted by molar-refractivity contribution is 1.19. The summed E-state index contributed by atoms with van der Waals surface area (Å²) < 4.78 is 0. The monoisotopic (exact) mass is 321 g/mol. The Morgan fingerprint density at radius 1 is 0.957 bits per heavy atom. The number of pyridine rings is 1. The van der Waals surface area contributed by atoms with Gasteiger partial charge in [-0.2, -0.15) is 4.98 Å². The summed E-state index contributed by atoms with van der Waals surface area (Å²) in [6.07, 6.45) is 3.36. The lowest BCUT2D eigenvalue weighted by atomic mass is 10.1. The van der Waals surface area contributed by atoms with Crippen LogP contribution in [0.4, 0.5) is 11.8 Å². The Hall–Kier alpha value is -3.10. The molecule has 0 aliphatic carbocycles. The second-order valence-electron chi connectivity index (χ2n) is 4.69. The molecule has 0 saturated carbocycles. The van der Waals surface area contributed by atoms with Gasteiger partial charge < -0.3 is 11.5 Å². The summed E-state index contributed by atoms with van der Waals surface area (Å²) in [6.45, 7) is 0. The molecule has 0 aliphatic rings. The highest BCUT2D eigenvalue weighted by atomic mass is 35.5. The molecule has 3 aromatic rings. The van der Waals surface area contributed by atoms with E-state index in [0.29, 0.717) is 16.3 Å². The summed E-state index contributed by atoms with van der Waals surface area (Å²) in [7, 11) is 0. The number of halogens is 1. The maximum atomic E-state index is 5.98. The van der Waals surface area contributed by atoms with Crippen LogP contribution < -0.4 is 11.5 Å². The molecule has 0 spiro atoms. The average Bonchev–Trinajstić information content (AvgIpc) is 2.55. The van der Waals surface area contributed by atoms with Crippen molar-refractivity contribution in [2.45, 2.75) is 0 Å². The largest absolute Gasteiger partial charge is 0.382 e. The number of benzene rings is 1. The summed E-state index contributed by atoms with van der Waals surface area (Å²) in [5.74, 6) is 6.34. The number of nitrogens with zero attached hydrogens (tertiary/aromatic N) is 3. The molecule has 0 radical (unpaired) electrons. The smallest absolute Gasteiger partial charge is 0.222 e. The van der Waals surface area contributed by atoms with Crippen molar-refractivity contribution < 1.29 is 0 Å². The standard InChI is InChI=1S/C17H12ClN5/c18-13-6-4-12(5-7-13)15-14(16(19)23-17(20)22-15)8-3-11-2-1-9-21-10-11/h1-2,4-7,9-10H,(H4,19,20,22,23). The van der Waals surface area contributed by atoms with Crippen LogP contribution in [0.1, 0.15) is 11.1 Å². The summed E-state index contributed by atoms with van der Waals surface area (Å²) in [5, 5.41) is 0.631. The minimum absolute atomic E-state index is 0.0966. The van der Waals surface area contributed by atoms with Crippen molar-refractivity contribution in [3.8, 4) is 23.1 Å². The van der Waals surface area contributed by atoms with Gasteiger partial charge in [0.1, 0.15) is 5.82 Å². The topological polar surface area (TPSA) is 90.7 Å². The Morgan fingerprint density at radius 3 is 2.43 bits per heavy atom. The molecule has 0 aliphatic heterocycles. The molecule has 0 atom stereocenters. The molecular formula is C17H12ClN5. The van der Waals surface area contributed by atoms with E-state index < -0.39 is 0 Å². The summed E-state index contributed by atoms with van der Waals surface area (Å²) >= 11 is 5.93. The van der Waals surface area contributed by atoms with Gasteiger partial charge in [-0.05, 0) is 24.3 Å². The molecule has 2 aromatic heterocycles. The van der Waals surface area contributed by atoms with Crippen LogP contribution in [0.2, 0.25) is 5.02 Å². The normalized spacial score (nSPS) is 9.96. The number of anilines is 2. The van der Waals surface area contributed by atoms with Gasteiger partial charge in [0, 0.05) is 28.5 Å². The summed E-state index contributed by atoms with van der Waals surface area (Å²) in [5.41, 5.74) is 14.4. The lowest BCUT2D eigenvalue weighted by Crippen LogP contribution is -2.05. The van der Waals surface area contributed by atoms with E-state index in [1.807, 2.05) is 24.3 Å². The molecule has 0 saturated heterocycles. The van der Waals surface area contributed by atoms with Gasteiger partial charge in [0.25, 0.3) is 0 Å². The molecule has 112 valence electrons. The fraction of sp³-hybridized carbons (Fsp3) is 0. The van der Waals surface area contributed by atoms with Gasteiger partial charge in [-0.1, -0.05) is 35.6 Å². The molecule has 6 heteroatoms. The van der Waals surface area contributed by atoms with Crippen LogP contribution in [0, 0.1) is 11.8 Å². The molecule has 0 unspecified atom stereocenters. The Morgan fingerprint density at radius 2 is 1.74 bits per heavy atom. The van der Waals surface area contributed by atoms with Crippen LogP contribution >= 0.6 is 11.6 Å². The first kappa shape index (κ1) is 14.8. The SMILES string of the molecule is Nc1nc(N)c(C#Cc2cccnc2)c(-c2ccc(Cl)cc2)n1. The van der Waals surface area contributed by atoms with E-state index in [9.17, 15) is 0 Å². The minimum atomic E-state index is 0.0966. The first-order valence-electron chi connectivity index (χ1n) is 6.74. The summed E-state index contributed by atoms with van der Waals surface area (Å²) in [4.78, 5) is 12.3. The van der Waals surface area contributed by atoms with Crippen LogP contribution in [0.25, 0.3) is 11.3 Å². The van der Waals surface area contributed by atoms with E-state index in [-0.39, 0.29) is 11.8 Å². The number of hydrogen-bond donors (Lipinski definition) is 2. The van der Waals surface area contributed by atoms with Gasteiger partial charge in [0.15, 0.2) is 0 Å². The Bertz CT molecular complexity index is 896. The second kappa shape index (κ2) is 6.34. The molecule has 0 bridgehead atoms. The predicted molar refractivity (Wildman–Crippen MR) is 91.5 cm³/mol. The highest BCUT2D eigenvalue weighted by molar-refractivity contribution is 6.30. The van der Waals surface area contributed by atoms with Crippen molar-refractivity contribution in [3.05, 3.63) is 64.9 Å². The van der Waals surface area contributed by atoms with E-state index in [4.69, 9.17) is 23.1 Å². The molecular weight excluding hydrogens is 310 g/mol. The molecule has 1 aromatic carbocycles. The first-order chi connectivity index (χ1) is 11.1. The quantitative estimate of drug-likeness (QED) is 0.672. The van der Waals surface area contributed by atoms with E-state index in [0.717, 1.165) is 11.1 Å². The third kappa shape index (κ3) is 3.39. The van der Waals surface area contributed by atoms with Gasteiger partial charge >= 0.3 is 0 Å². The van der Waals surface area contributed by atoms with E-state index in [1.54, 1.807) is 24.5 Å². The average molecular weight is 322 g/mol. The second-order valence-corrected chi connectivity index (χ2v) is 5.13. The molecule has 23 heavy (non-hydrogen) atoms. The highest BCUT2D eigenvalue weighted by Gasteiger charge is 2.11. The van der Waals surface area contributed by atoms with Gasteiger partial charge in [0.05, 0.1) is 11.3 Å². The third-order valence-electron chi connectivity index (χ3n) is 3.07. The van der Waals surface area contributed by atoms with Crippen molar-refractivity contribution in [1.82, 2.24) is 15.0 Å². The van der Waals surface area contributed by atoms with Crippen LogP contribution in [0.3, 0.4) is 0 Å². The van der Waals surface area contributed by atoms with Crippen molar-refractivity contribution >= 4 is 23.4 Å². The maximum absolute atomic E-state index is 5.98. The molecule has 2 heterocycles. The Balaban J connectivity index is 2.13. The zero-order valence-corrected chi connectivity index (χ0v) is 12.7. The summed E-state index contributed by atoms with van der Waals surface area (Å²) in [6, 6.07) is 10.9. The third-order valence-corrected chi connectivity index (χ3v) is 3.32. The van der Waals surface area contributed by atoms with Crippen LogP contribution in [0.15, 0.2) is 48.8 Å². The number of nitrogen functional groups attached to an aromatic ring is 2. The van der Waals surface area contributed by atoms with Crippen LogP contribution in [0.5, 0.6) is 0 Å². The predicted octanol–water partition coefficient (Wildman–Crippen LogP) is 2.76. The molecule has 3 rings (SSSR count). The first-order valence-corrected chi connectivity index (χ1v) is 7.12. The number of hydrogen-bond acceptors (Lipinski definition) is 5. The van der Waals surface area contributed by atoms with Gasteiger partial charge in [-0.25, -0.2) is 4.98 Å². The molecule has 4 N–H and O–H groups in total. The fourth-order valence-corrected chi connectivity index (χ4v) is 2.13. The van der Waals surface area contributed by atoms with E-state index in [2.05, 4.69) is 26.8 Å². The van der Waals surface area contributed by atoms with Crippen molar-refractivity contribution in [2.75, 3.05) is 11.5 Å². The number of aromatic nitrogens is 3. The Labute approximate surface area is 138 Å². The van der Waals surface area contributed by atoms with Gasteiger partial charge in [0.2, 0.25) is 5.95 Å². The van der Waals surface area contributed by atoms with Crippen molar-refractivity contribution in [1.29, 1.82) is 0 Å². The van der Waals surface area contributed by atoms with Crippen molar-refractivity contribution in [2.24, 2.45) is 0 Å². The zero-order chi connectivity index (χ0) is 16.2. The molecule has 5 nitrogen and oxygen atoms in total. The lowest BCUT2D eigenvalue weighted by Gasteiger charge is -2.07.